The Morgan fingerprint density at radius 1 is 1.62 bits per heavy atom. The zero-order valence-corrected chi connectivity index (χ0v) is 8.68. The van der Waals surface area contributed by atoms with E-state index in [1.54, 1.807) is 0 Å². The quantitative estimate of drug-likeness (QED) is 0.729. The van der Waals surface area contributed by atoms with Gasteiger partial charge in [0.1, 0.15) is 0 Å². The van der Waals surface area contributed by atoms with Crippen molar-refractivity contribution in [2.24, 2.45) is 11.3 Å². The van der Waals surface area contributed by atoms with E-state index in [9.17, 15) is 9.90 Å². The van der Waals surface area contributed by atoms with E-state index in [1.165, 1.54) is 0 Å². The molecule has 2 atom stereocenters. The molecule has 1 fully saturated rings. The van der Waals surface area contributed by atoms with E-state index in [1.807, 2.05) is 0 Å². The van der Waals surface area contributed by atoms with Gasteiger partial charge in [-0.25, -0.2) is 0 Å². The van der Waals surface area contributed by atoms with E-state index >= 15 is 0 Å². The topological polar surface area (TPSA) is 37.3 Å². The second-order valence-corrected chi connectivity index (χ2v) is 4.36. The molecular formula is C11H20O2. The third-order valence-corrected chi connectivity index (χ3v) is 3.61. The van der Waals surface area contributed by atoms with Crippen LogP contribution in [0.2, 0.25) is 0 Å². The minimum atomic E-state index is -0.564. The molecule has 0 heterocycles. The van der Waals surface area contributed by atoms with Crippen molar-refractivity contribution in [3.05, 3.63) is 0 Å². The fourth-order valence-corrected chi connectivity index (χ4v) is 2.53. The highest BCUT2D eigenvalue weighted by molar-refractivity contribution is 5.75. The summed E-state index contributed by atoms with van der Waals surface area (Å²) < 4.78 is 0. The second-order valence-electron chi connectivity index (χ2n) is 4.36. The van der Waals surface area contributed by atoms with Crippen LogP contribution in [0.4, 0.5) is 0 Å². The van der Waals surface area contributed by atoms with Crippen LogP contribution in [-0.4, -0.2) is 11.1 Å². The highest BCUT2D eigenvalue weighted by Crippen LogP contribution is 2.46. The minimum Gasteiger partial charge on any atom is -0.481 e. The lowest BCUT2D eigenvalue weighted by atomic mass is 9.75. The number of rotatable bonds is 4. The van der Waals surface area contributed by atoms with Crippen molar-refractivity contribution < 1.29 is 9.90 Å². The number of carboxylic acid groups (broad SMARTS) is 1. The number of carboxylic acids is 1. The zero-order valence-electron chi connectivity index (χ0n) is 8.68. The molecule has 2 unspecified atom stereocenters. The van der Waals surface area contributed by atoms with E-state index in [4.69, 9.17) is 0 Å². The Labute approximate surface area is 80.3 Å². The highest BCUT2D eigenvalue weighted by atomic mass is 16.4. The molecule has 1 saturated carbocycles. The molecule has 2 heteroatoms. The molecule has 0 aliphatic heterocycles. The fraction of sp³-hybridized carbons (Fsp3) is 0.909. The molecule has 0 spiro atoms. The van der Waals surface area contributed by atoms with Crippen LogP contribution in [0, 0.1) is 11.3 Å². The maximum atomic E-state index is 11.2. The van der Waals surface area contributed by atoms with Crippen LogP contribution >= 0.6 is 0 Å². The Kier molecular flexibility index (Phi) is 3.34. The molecule has 13 heavy (non-hydrogen) atoms. The van der Waals surface area contributed by atoms with Crippen LogP contribution in [-0.2, 0) is 4.79 Å². The van der Waals surface area contributed by atoms with Crippen LogP contribution in [0.3, 0.4) is 0 Å². The lowest BCUT2D eigenvalue weighted by molar-refractivity contribution is -0.151. The molecule has 0 radical (unpaired) electrons. The molecule has 1 N–H and O–H groups in total. The SMILES string of the molecule is CCCCC1(C(=O)O)CCCC1C. The van der Waals surface area contributed by atoms with Crippen molar-refractivity contribution in [3.8, 4) is 0 Å². The molecule has 0 saturated heterocycles. The maximum absolute atomic E-state index is 11.2. The van der Waals surface area contributed by atoms with Gasteiger partial charge in [-0.3, -0.25) is 4.79 Å². The molecule has 1 rings (SSSR count). The predicted octanol–water partition coefficient (Wildman–Crippen LogP) is 3.07. The Morgan fingerprint density at radius 3 is 2.69 bits per heavy atom. The fourth-order valence-electron chi connectivity index (χ4n) is 2.53. The summed E-state index contributed by atoms with van der Waals surface area (Å²) in [4.78, 5) is 11.2. The van der Waals surface area contributed by atoms with Gasteiger partial charge in [0.25, 0.3) is 0 Å². The number of carbonyl (C=O) groups is 1. The van der Waals surface area contributed by atoms with Gasteiger partial charge in [0, 0.05) is 0 Å². The molecule has 1 aliphatic carbocycles. The van der Waals surface area contributed by atoms with Crippen LogP contribution in [0.25, 0.3) is 0 Å². The van der Waals surface area contributed by atoms with Gasteiger partial charge >= 0.3 is 5.97 Å². The summed E-state index contributed by atoms with van der Waals surface area (Å²) in [5, 5.41) is 9.26. The summed E-state index contributed by atoms with van der Waals surface area (Å²) in [5.74, 6) is -0.192. The molecular weight excluding hydrogens is 164 g/mol. The summed E-state index contributed by atoms with van der Waals surface area (Å²) in [6, 6.07) is 0. The first-order valence-electron chi connectivity index (χ1n) is 5.37. The third-order valence-electron chi connectivity index (χ3n) is 3.61. The summed E-state index contributed by atoms with van der Waals surface area (Å²) in [6.07, 6.45) is 6.11. The molecule has 0 aromatic heterocycles. The van der Waals surface area contributed by atoms with E-state index in [2.05, 4.69) is 13.8 Å². The predicted molar refractivity (Wildman–Crippen MR) is 52.6 cm³/mol. The summed E-state index contributed by atoms with van der Waals surface area (Å²) >= 11 is 0. The molecule has 0 aromatic rings. The van der Waals surface area contributed by atoms with Gasteiger partial charge in [-0.2, -0.15) is 0 Å². The first kappa shape index (κ1) is 10.6. The Hall–Kier alpha value is -0.530. The smallest absolute Gasteiger partial charge is 0.309 e. The van der Waals surface area contributed by atoms with Gasteiger partial charge in [0.15, 0.2) is 0 Å². The van der Waals surface area contributed by atoms with E-state index in [-0.39, 0.29) is 5.41 Å². The number of hydrogen-bond donors (Lipinski definition) is 1. The van der Waals surface area contributed by atoms with E-state index in [0.717, 1.165) is 38.5 Å². The van der Waals surface area contributed by atoms with Crippen molar-refractivity contribution in [2.45, 2.75) is 52.4 Å². The highest BCUT2D eigenvalue weighted by Gasteiger charge is 2.45. The number of hydrogen-bond acceptors (Lipinski definition) is 1. The van der Waals surface area contributed by atoms with Crippen molar-refractivity contribution >= 4 is 5.97 Å². The summed E-state index contributed by atoms with van der Waals surface area (Å²) in [5.41, 5.74) is -0.379. The largest absolute Gasteiger partial charge is 0.481 e. The van der Waals surface area contributed by atoms with E-state index < -0.39 is 5.97 Å². The third kappa shape index (κ3) is 1.87. The minimum absolute atomic E-state index is 0.372. The van der Waals surface area contributed by atoms with Crippen molar-refractivity contribution in [1.29, 1.82) is 0 Å². The van der Waals surface area contributed by atoms with Crippen LogP contribution in [0.5, 0.6) is 0 Å². The van der Waals surface area contributed by atoms with Gasteiger partial charge in [0.2, 0.25) is 0 Å². The van der Waals surface area contributed by atoms with Gasteiger partial charge < -0.3 is 5.11 Å². The Balaban J connectivity index is 2.68. The zero-order chi connectivity index (χ0) is 9.90. The molecule has 0 bridgehead atoms. The first-order valence-corrected chi connectivity index (χ1v) is 5.37. The Bertz CT molecular complexity index is 189. The van der Waals surface area contributed by atoms with Crippen LogP contribution in [0.15, 0.2) is 0 Å². The molecule has 0 aromatic carbocycles. The summed E-state index contributed by atoms with van der Waals surface area (Å²) in [7, 11) is 0. The standard InChI is InChI=1S/C11H20O2/c1-3-4-7-11(10(12)13)8-5-6-9(11)2/h9H,3-8H2,1-2H3,(H,12,13). The van der Waals surface area contributed by atoms with Crippen molar-refractivity contribution in [3.63, 3.8) is 0 Å². The lowest BCUT2D eigenvalue weighted by Crippen LogP contribution is -2.33. The molecule has 76 valence electrons. The molecule has 1 aliphatic rings. The number of aliphatic carboxylic acids is 1. The number of unbranched alkanes of at least 4 members (excludes halogenated alkanes) is 1. The monoisotopic (exact) mass is 184 g/mol. The van der Waals surface area contributed by atoms with Crippen LogP contribution in [0.1, 0.15) is 52.4 Å². The lowest BCUT2D eigenvalue weighted by Gasteiger charge is -2.28. The normalized spacial score (nSPS) is 33.5. The van der Waals surface area contributed by atoms with Crippen LogP contribution < -0.4 is 0 Å². The maximum Gasteiger partial charge on any atom is 0.309 e. The average molecular weight is 184 g/mol. The molecule has 0 amide bonds. The molecule has 2 nitrogen and oxygen atoms in total. The van der Waals surface area contributed by atoms with Crippen molar-refractivity contribution in [1.82, 2.24) is 0 Å². The second kappa shape index (κ2) is 4.12. The van der Waals surface area contributed by atoms with E-state index in [0.29, 0.717) is 5.92 Å². The van der Waals surface area contributed by atoms with Gasteiger partial charge in [-0.15, -0.1) is 0 Å². The summed E-state index contributed by atoms with van der Waals surface area (Å²) in [6.45, 7) is 4.21. The Morgan fingerprint density at radius 2 is 2.31 bits per heavy atom. The van der Waals surface area contributed by atoms with Crippen molar-refractivity contribution in [2.75, 3.05) is 0 Å². The average Bonchev–Trinajstić information content (AvgIpc) is 2.45. The van der Waals surface area contributed by atoms with Gasteiger partial charge in [-0.05, 0) is 25.2 Å². The first-order chi connectivity index (χ1) is 6.13. The van der Waals surface area contributed by atoms with Gasteiger partial charge in [0.05, 0.1) is 5.41 Å². The van der Waals surface area contributed by atoms with Gasteiger partial charge in [-0.1, -0.05) is 33.1 Å².